The quantitative estimate of drug-likeness (QED) is 0.251. The second kappa shape index (κ2) is 7.83. The zero-order valence-corrected chi connectivity index (χ0v) is 22.6. The molecule has 3 heteroatoms. The molecule has 8 atom stereocenters. The summed E-state index contributed by atoms with van der Waals surface area (Å²) in [5.41, 5.74) is 2.49. The number of carbonyl (C=O) groups excluding carboxylic acids is 1. The molecule has 5 unspecified atom stereocenters. The van der Waals surface area contributed by atoms with Crippen molar-refractivity contribution in [1.29, 1.82) is 0 Å². The van der Waals surface area contributed by atoms with E-state index in [1.807, 2.05) is 0 Å². The van der Waals surface area contributed by atoms with Gasteiger partial charge in [0.2, 0.25) is 0 Å². The Morgan fingerprint density at radius 2 is 1.81 bits per heavy atom. The maximum atomic E-state index is 11.6. The van der Waals surface area contributed by atoms with Crippen LogP contribution in [-0.4, -0.2) is 20.7 Å². The number of rotatable bonds is 4. The first-order valence-electron chi connectivity index (χ1n) is 13.2. The molecule has 4 aliphatic carbocycles. The fourth-order valence-electron chi connectivity index (χ4n) is 8.32. The minimum atomic E-state index is -1.71. The topological polar surface area (TPSA) is 26.3 Å². The van der Waals surface area contributed by atoms with Gasteiger partial charge in [0.15, 0.2) is 8.32 Å². The van der Waals surface area contributed by atoms with E-state index >= 15 is 0 Å². The van der Waals surface area contributed by atoms with Crippen molar-refractivity contribution in [2.75, 3.05) is 0 Å². The molecule has 0 amide bonds. The van der Waals surface area contributed by atoms with Crippen molar-refractivity contribution in [3.8, 4) is 0 Å². The molecule has 0 radical (unpaired) electrons. The summed E-state index contributed by atoms with van der Waals surface area (Å²) in [5.74, 6) is 3.30. The molecule has 3 saturated carbocycles. The van der Waals surface area contributed by atoms with Crippen molar-refractivity contribution in [3.63, 3.8) is 0 Å². The minimum Gasteiger partial charge on any atom is -0.414 e. The molecular formula is C28H48O2Si. The number of aldehydes is 1. The van der Waals surface area contributed by atoms with E-state index < -0.39 is 8.32 Å². The lowest BCUT2D eigenvalue weighted by molar-refractivity contribution is -0.115. The molecule has 0 N–H and O–H groups in total. The van der Waals surface area contributed by atoms with Crippen molar-refractivity contribution in [2.24, 2.45) is 40.4 Å². The molecule has 31 heavy (non-hydrogen) atoms. The summed E-state index contributed by atoms with van der Waals surface area (Å²) < 4.78 is 6.88. The molecule has 0 bridgehead atoms. The first kappa shape index (κ1) is 23.7. The minimum absolute atomic E-state index is 0.222. The van der Waals surface area contributed by atoms with E-state index in [-0.39, 0.29) is 11.0 Å². The fourth-order valence-corrected chi connectivity index (χ4v) is 9.71. The summed E-state index contributed by atoms with van der Waals surface area (Å²) in [6, 6.07) is 0. The van der Waals surface area contributed by atoms with Crippen LogP contribution in [0.2, 0.25) is 18.1 Å². The maximum Gasteiger partial charge on any atom is 0.192 e. The van der Waals surface area contributed by atoms with E-state index in [9.17, 15) is 4.79 Å². The zero-order chi connectivity index (χ0) is 22.8. The van der Waals surface area contributed by atoms with Gasteiger partial charge >= 0.3 is 0 Å². The molecule has 0 saturated heterocycles. The van der Waals surface area contributed by atoms with Crippen LogP contribution in [0.25, 0.3) is 0 Å². The monoisotopic (exact) mass is 444 g/mol. The molecule has 2 nitrogen and oxygen atoms in total. The lowest BCUT2D eigenvalue weighted by Crippen LogP contribution is -2.52. The van der Waals surface area contributed by atoms with Crippen LogP contribution in [0.5, 0.6) is 0 Å². The molecule has 0 heterocycles. The molecule has 0 aromatic heterocycles. The van der Waals surface area contributed by atoms with Crippen molar-refractivity contribution in [1.82, 2.24) is 0 Å². The van der Waals surface area contributed by atoms with E-state index in [1.165, 1.54) is 57.7 Å². The Morgan fingerprint density at radius 1 is 1.10 bits per heavy atom. The third-order valence-corrected chi connectivity index (χ3v) is 15.8. The highest BCUT2D eigenvalue weighted by Crippen LogP contribution is 2.67. The van der Waals surface area contributed by atoms with Gasteiger partial charge in [-0.25, -0.2) is 0 Å². The van der Waals surface area contributed by atoms with Gasteiger partial charge < -0.3 is 9.22 Å². The van der Waals surface area contributed by atoms with Gasteiger partial charge in [-0.3, -0.25) is 0 Å². The lowest BCUT2D eigenvalue weighted by Gasteiger charge is -2.58. The second-order valence-electron chi connectivity index (χ2n) is 13.7. The summed E-state index contributed by atoms with van der Waals surface area (Å²) in [4.78, 5) is 11.6. The molecular weight excluding hydrogens is 396 g/mol. The molecule has 0 aromatic rings. The molecule has 0 aromatic carbocycles. The van der Waals surface area contributed by atoms with Crippen LogP contribution in [-0.2, 0) is 9.22 Å². The SMILES string of the molecule is CC(C=O)C1CCC2C3CC=C4C[C@@H](O[Si](C)(C)C(C)(C)C)CC[C@]4(C)C3CC[C@]12C. The maximum absolute atomic E-state index is 11.6. The van der Waals surface area contributed by atoms with E-state index in [0.29, 0.717) is 22.9 Å². The van der Waals surface area contributed by atoms with Gasteiger partial charge in [0.05, 0.1) is 0 Å². The van der Waals surface area contributed by atoms with Crippen LogP contribution in [0.15, 0.2) is 11.6 Å². The van der Waals surface area contributed by atoms with Crippen LogP contribution >= 0.6 is 0 Å². The van der Waals surface area contributed by atoms with Gasteiger partial charge in [-0.2, -0.15) is 0 Å². The first-order chi connectivity index (χ1) is 14.3. The van der Waals surface area contributed by atoms with Gasteiger partial charge in [0.25, 0.3) is 0 Å². The zero-order valence-electron chi connectivity index (χ0n) is 21.6. The summed E-state index contributed by atoms with van der Waals surface area (Å²) in [6.45, 7) is 19.2. The summed E-state index contributed by atoms with van der Waals surface area (Å²) in [6.07, 6.45) is 14.6. The Hall–Kier alpha value is -0.413. The summed E-state index contributed by atoms with van der Waals surface area (Å²) in [5, 5.41) is 0.283. The van der Waals surface area contributed by atoms with E-state index in [0.717, 1.165) is 17.8 Å². The van der Waals surface area contributed by atoms with Crippen LogP contribution in [0.1, 0.15) is 92.9 Å². The lowest BCUT2D eigenvalue weighted by atomic mass is 9.47. The van der Waals surface area contributed by atoms with Crippen LogP contribution in [0.4, 0.5) is 0 Å². The third kappa shape index (κ3) is 3.74. The molecule has 0 spiro atoms. The van der Waals surface area contributed by atoms with Crippen molar-refractivity contribution < 1.29 is 9.22 Å². The molecule has 176 valence electrons. The van der Waals surface area contributed by atoms with Gasteiger partial charge in [-0.15, -0.1) is 0 Å². The van der Waals surface area contributed by atoms with Gasteiger partial charge in [0.1, 0.15) is 6.29 Å². The first-order valence-corrected chi connectivity index (χ1v) is 16.1. The van der Waals surface area contributed by atoms with Crippen molar-refractivity contribution >= 4 is 14.6 Å². The van der Waals surface area contributed by atoms with Crippen LogP contribution < -0.4 is 0 Å². The number of fused-ring (bicyclic) bond motifs is 5. The van der Waals surface area contributed by atoms with Crippen LogP contribution in [0, 0.1) is 40.4 Å². The number of carbonyl (C=O) groups is 1. The standard InChI is InChI=1S/C28H48O2Si/c1-19(18-29)23-11-12-24-22-10-9-20-17-21(30-31(7,8)26(2,3)4)13-15-27(20,5)25(22)14-16-28(23,24)6/h9,18-19,21-25H,10-17H2,1-8H3/t19?,21-,22?,23?,24?,25?,27-,28+/m0/s1. The predicted molar refractivity (Wildman–Crippen MR) is 132 cm³/mol. The van der Waals surface area contributed by atoms with Crippen LogP contribution in [0.3, 0.4) is 0 Å². The highest BCUT2D eigenvalue weighted by atomic mass is 28.4. The number of hydrogen-bond acceptors (Lipinski definition) is 2. The largest absolute Gasteiger partial charge is 0.414 e. The fraction of sp³-hybridized carbons (Fsp3) is 0.893. The van der Waals surface area contributed by atoms with Gasteiger partial charge in [-0.1, -0.05) is 53.2 Å². The van der Waals surface area contributed by atoms with Gasteiger partial charge in [-0.05, 0) is 104 Å². The average molecular weight is 445 g/mol. The smallest absolute Gasteiger partial charge is 0.192 e. The molecule has 4 aliphatic rings. The highest BCUT2D eigenvalue weighted by molar-refractivity contribution is 6.74. The Bertz CT molecular complexity index is 734. The number of hydrogen-bond donors (Lipinski definition) is 0. The Labute approximate surface area is 193 Å². The van der Waals surface area contributed by atoms with E-state index in [4.69, 9.17) is 4.43 Å². The predicted octanol–water partition coefficient (Wildman–Crippen LogP) is 7.79. The Balaban J connectivity index is 1.53. The Morgan fingerprint density at radius 3 is 2.45 bits per heavy atom. The molecule has 4 rings (SSSR count). The van der Waals surface area contributed by atoms with Crippen molar-refractivity contribution in [3.05, 3.63) is 11.6 Å². The number of allylic oxidation sites excluding steroid dienone is 1. The van der Waals surface area contributed by atoms with Gasteiger partial charge in [0, 0.05) is 12.0 Å². The molecule has 3 fully saturated rings. The van der Waals surface area contributed by atoms with Crippen molar-refractivity contribution in [2.45, 2.75) is 117 Å². The van der Waals surface area contributed by atoms with E-state index in [2.05, 4.69) is 60.7 Å². The normalized spacial score (nSPS) is 44.0. The second-order valence-corrected chi connectivity index (χ2v) is 18.5. The third-order valence-electron chi connectivity index (χ3n) is 11.2. The highest BCUT2D eigenvalue weighted by Gasteiger charge is 2.59. The molecule has 0 aliphatic heterocycles. The summed E-state index contributed by atoms with van der Waals surface area (Å²) >= 11 is 0. The summed E-state index contributed by atoms with van der Waals surface area (Å²) in [7, 11) is -1.71. The van der Waals surface area contributed by atoms with E-state index in [1.54, 1.807) is 5.57 Å². The Kier molecular flexibility index (Phi) is 5.99. The average Bonchev–Trinajstić information content (AvgIpc) is 3.04.